The zero-order valence-electron chi connectivity index (χ0n) is 38.4. The van der Waals surface area contributed by atoms with E-state index in [2.05, 4.69) is 257 Å². The van der Waals surface area contributed by atoms with E-state index in [1.165, 1.54) is 0 Å². The molecular weight excluding hydrogens is 863 g/mol. The molecule has 0 atom stereocenters. The molecule has 14 aromatic rings. The Morgan fingerprint density at radius 3 is 1.04 bits per heavy atom. The van der Waals surface area contributed by atoms with Gasteiger partial charge in [0.05, 0.1) is 40.0 Å². The smallest absolute Gasteiger partial charge is 0.252 e. The monoisotopic (exact) mass is 903 g/mol. The van der Waals surface area contributed by atoms with Crippen LogP contribution >= 0.6 is 0 Å². The van der Waals surface area contributed by atoms with Gasteiger partial charge < -0.3 is 13.6 Å². The number of hydrogen-bond donors (Lipinski definition) is 0. The van der Waals surface area contributed by atoms with E-state index >= 15 is 0 Å². The van der Waals surface area contributed by atoms with Gasteiger partial charge in [-0.3, -0.25) is 0 Å². The Bertz CT molecular complexity index is 4230. The van der Waals surface area contributed by atoms with E-state index in [0.717, 1.165) is 127 Å². The highest BCUT2D eigenvalue weighted by molar-refractivity contribution is 6.21. The van der Waals surface area contributed by atoms with Crippen molar-refractivity contribution >= 4 is 71.2 Å². The molecule has 0 fully saturated rings. The number of nitrogens with zero attached hydrogens (tertiary/aromatic N) is 3. The van der Waals surface area contributed by atoms with Gasteiger partial charge in [0.25, 0.3) is 5.69 Å². The van der Waals surface area contributed by atoms with Gasteiger partial charge in [-0.2, -0.15) is 0 Å². The van der Waals surface area contributed by atoms with E-state index in [1.807, 2.05) is 6.07 Å². The van der Waals surface area contributed by atoms with E-state index in [1.54, 1.807) is 0 Å². The van der Waals surface area contributed by atoms with Crippen molar-refractivity contribution < 1.29 is 4.42 Å². The van der Waals surface area contributed by atoms with Crippen molar-refractivity contribution in [3.8, 4) is 67.0 Å². The summed E-state index contributed by atoms with van der Waals surface area (Å²) >= 11 is 0. The fourth-order valence-corrected chi connectivity index (χ4v) is 11.0. The second-order valence-corrected chi connectivity index (χ2v) is 18.3. The quantitative estimate of drug-likeness (QED) is 0.146. The average molecular weight is 904 g/mol. The van der Waals surface area contributed by atoms with Crippen LogP contribution in [-0.4, -0.2) is 9.13 Å². The largest absolute Gasteiger partial charge is 0.466 e. The lowest BCUT2D eigenvalue weighted by Crippen LogP contribution is -2.00. The summed E-state index contributed by atoms with van der Waals surface area (Å²) in [6.07, 6.45) is 0. The topological polar surface area (TPSA) is 27.4 Å². The van der Waals surface area contributed by atoms with Gasteiger partial charge in [0.1, 0.15) is 11.2 Å². The van der Waals surface area contributed by atoms with Crippen LogP contribution in [0.2, 0.25) is 0 Å². The van der Waals surface area contributed by atoms with Crippen molar-refractivity contribution in [2.24, 2.45) is 0 Å². The minimum atomic E-state index is 0.454. The van der Waals surface area contributed by atoms with Crippen LogP contribution in [0.4, 0.5) is 5.69 Å². The Morgan fingerprint density at radius 2 is 0.662 bits per heavy atom. The van der Waals surface area contributed by atoms with E-state index in [0.29, 0.717) is 11.3 Å². The maximum Gasteiger partial charge on any atom is 0.252 e. The molecule has 0 radical (unpaired) electrons. The Balaban J connectivity index is 1.13. The summed E-state index contributed by atoms with van der Waals surface area (Å²) in [5.41, 5.74) is 18.8. The van der Waals surface area contributed by atoms with Crippen LogP contribution in [0.25, 0.3) is 137 Å². The first-order chi connectivity index (χ1) is 35.2. The maximum atomic E-state index is 9.13. The molecule has 71 heavy (non-hydrogen) atoms. The highest BCUT2D eigenvalue weighted by Crippen LogP contribution is 2.49. The Hall–Kier alpha value is -9.69. The van der Waals surface area contributed by atoms with Crippen molar-refractivity contribution in [2.75, 3.05) is 0 Å². The number of benzene rings is 11. The molecule has 0 saturated carbocycles. The minimum absolute atomic E-state index is 0.454. The molecule has 4 heteroatoms. The fraction of sp³-hybridized carbons (Fsp3) is 0. The molecule has 0 aliphatic heterocycles. The summed E-state index contributed by atoms with van der Waals surface area (Å²) in [6, 6.07) is 88.5. The van der Waals surface area contributed by atoms with Gasteiger partial charge in [-0.25, -0.2) is 4.85 Å². The van der Waals surface area contributed by atoms with E-state index in [-0.39, 0.29) is 0 Å². The first-order valence-corrected chi connectivity index (χ1v) is 24.0. The lowest BCUT2D eigenvalue weighted by Gasteiger charge is -2.17. The van der Waals surface area contributed by atoms with Crippen molar-refractivity contribution in [1.82, 2.24) is 9.13 Å². The first-order valence-electron chi connectivity index (χ1n) is 24.0. The average Bonchev–Trinajstić information content (AvgIpc) is 4.11. The number of furan rings is 1. The van der Waals surface area contributed by atoms with Crippen LogP contribution in [0.5, 0.6) is 0 Å². The molecule has 0 unspecified atom stereocenters. The second-order valence-electron chi connectivity index (χ2n) is 18.3. The van der Waals surface area contributed by atoms with Gasteiger partial charge in [-0.15, -0.1) is 0 Å². The van der Waals surface area contributed by atoms with Gasteiger partial charge in [-0.05, 0) is 105 Å². The molecule has 0 spiro atoms. The SMILES string of the molecule is [C-]#[N+]c1c(-n2c3ccc(-c4ccccc4)cc3c3cc(-c4ccccc4)ccc32)cc(-n2c3ccc(-c4ccccc4)cc3c3cc(-c4ccccc4)ccc32)c2c1oc1c(-c3ccccc3)cccc12. The van der Waals surface area contributed by atoms with Crippen LogP contribution in [0.1, 0.15) is 0 Å². The summed E-state index contributed by atoms with van der Waals surface area (Å²) in [7, 11) is 0. The molecule has 3 aromatic heterocycles. The zero-order valence-corrected chi connectivity index (χ0v) is 38.4. The van der Waals surface area contributed by atoms with Gasteiger partial charge in [0.2, 0.25) is 0 Å². The van der Waals surface area contributed by atoms with Gasteiger partial charge >= 0.3 is 0 Å². The van der Waals surface area contributed by atoms with Crippen molar-refractivity contribution in [1.29, 1.82) is 0 Å². The number of rotatable bonds is 7. The Kier molecular flexibility index (Phi) is 9.23. The molecule has 330 valence electrons. The van der Waals surface area contributed by atoms with Gasteiger partial charge in [-0.1, -0.05) is 194 Å². The molecular formula is C67H41N3O. The normalized spacial score (nSPS) is 11.6. The van der Waals surface area contributed by atoms with Crippen LogP contribution in [0, 0.1) is 6.57 Å². The fourth-order valence-electron chi connectivity index (χ4n) is 11.0. The molecule has 0 N–H and O–H groups in total. The van der Waals surface area contributed by atoms with E-state index < -0.39 is 0 Å². The molecule has 4 nitrogen and oxygen atoms in total. The molecule has 0 amide bonds. The summed E-state index contributed by atoms with van der Waals surface area (Å²) in [5.74, 6) is 0. The molecule has 14 rings (SSSR count). The third-order valence-electron chi connectivity index (χ3n) is 14.3. The summed E-state index contributed by atoms with van der Waals surface area (Å²) < 4.78 is 12.0. The third kappa shape index (κ3) is 6.45. The Morgan fingerprint density at radius 1 is 0.296 bits per heavy atom. The second kappa shape index (κ2) is 16.2. The summed E-state index contributed by atoms with van der Waals surface area (Å²) in [6.45, 7) is 9.13. The molecule has 0 saturated heterocycles. The zero-order chi connectivity index (χ0) is 47.0. The lowest BCUT2D eigenvalue weighted by atomic mass is 10.0. The maximum absolute atomic E-state index is 9.13. The van der Waals surface area contributed by atoms with Crippen LogP contribution in [0.3, 0.4) is 0 Å². The summed E-state index contributed by atoms with van der Waals surface area (Å²) in [4.78, 5) is 4.46. The number of para-hydroxylation sites is 1. The highest BCUT2D eigenvalue weighted by Gasteiger charge is 2.27. The first kappa shape index (κ1) is 40.4. The number of hydrogen-bond acceptors (Lipinski definition) is 1. The number of fused-ring (bicyclic) bond motifs is 9. The molecule has 0 bridgehead atoms. The van der Waals surface area contributed by atoms with Crippen LogP contribution < -0.4 is 0 Å². The standard InChI is InChI=1S/C67H41N3O/c1-68-65-63(70-60-36-32-50(45-22-11-4-12-23-45)40-56(60)57-41-51(33-37-61(57)70)46-24-13-5-14-25-46)42-62(64-53-29-17-28-52(66(53)71-67(64)65)47-26-15-6-16-27-47)69-58-34-30-48(43-18-7-2-8-19-43)38-54(58)55-39-49(31-35-59(55)69)44-20-9-3-10-21-44/h2-42H. The molecule has 11 aromatic carbocycles. The van der Waals surface area contributed by atoms with Crippen molar-refractivity contribution in [2.45, 2.75) is 0 Å². The predicted molar refractivity (Wildman–Crippen MR) is 296 cm³/mol. The van der Waals surface area contributed by atoms with Crippen LogP contribution in [0.15, 0.2) is 253 Å². The molecule has 0 aliphatic carbocycles. The lowest BCUT2D eigenvalue weighted by molar-refractivity contribution is 0.671. The van der Waals surface area contributed by atoms with Crippen molar-refractivity contribution in [3.05, 3.63) is 260 Å². The summed E-state index contributed by atoms with van der Waals surface area (Å²) in [5, 5.41) is 6.33. The minimum Gasteiger partial charge on any atom is -0.466 e. The van der Waals surface area contributed by atoms with Gasteiger partial charge in [0, 0.05) is 37.9 Å². The Labute approximate surface area is 410 Å². The van der Waals surface area contributed by atoms with Gasteiger partial charge in [0.15, 0.2) is 0 Å². The third-order valence-corrected chi connectivity index (χ3v) is 14.3. The predicted octanol–water partition coefficient (Wildman–Crippen LogP) is 18.7. The molecule has 3 heterocycles. The highest BCUT2D eigenvalue weighted by atomic mass is 16.3. The van der Waals surface area contributed by atoms with E-state index in [9.17, 15) is 0 Å². The number of aromatic nitrogens is 2. The molecule has 0 aliphatic rings. The van der Waals surface area contributed by atoms with E-state index in [4.69, 9.17) is 11.0 Å². The van der Waals surface area contributed by atoms with Crippen molar-refractivity contribution in [3.63, 3.8) is 0 Å². The van der Waals surface area contributed by atoms with Crippen LogP contribution in [-0.2, 0) is 0 Å².